The maximum absolute atomic E-state index is 13.5. The van der Waals surface area contributed by atoms with Crippen LogP contribution in [0.5, 0.6) is 5.75 Å². The van der Waals surface area contributed by atoms with Crippen LogP contribution in [0.2, 0.25) is 0 Å². The van der Waals surface area contributed by atoms with Crippen molar-refractivity contribution in [3.05, 3.63) is 64.0 Å². The van der Waals surface area contributed by atoms with Crippen molar-refractivity contribution in [2.45, 2.75) is 19.9 Å². The number of hydrogen-bond acceptors (Lipinski definition) is 5. The van der Waals surface area contributed by atoms with Gasteiger partial charge in [0.25, 0.3) is 5.91 Å². The molecular weight excluding hydrogens is 391 g/mol. The van der Waals surface area contributed by atoms with Crippen molar-refractivity contribution in [2.24, 2.45) is 10.1 Å². The topological polar surface area (TPSA) is 68.0 Å². The number of rotatable bonds is 4. The number of carbonyl (C=O) groups is 1. The lowest BCUT2D eigenvalue weighted by Gasteiger charge is -2.18. The molecule has 2 heterocycles. The summed E-state index contributed by atoms with van der Waals surface area (Å²) in [6.07, 6.45) is 1.60. The van der Waals surface area contributed by atoms with E-state index in [1.54, 1.807) is 23.0 Å². The lowest BCUT2D eigenvalue weighted by atomic mass is 10.1. The molecule has 8 heteroatoms. The SMILES string of the molecule is CC(C)N=c1scc(-c2ccc3c(c2)NC(=O)CO3)n1N=Cc1cccc(F)c1. The van der Waals surface area contributed by atoms with Gasteiger partial charge < -0.3 is 10.1 Å². The van der Waals surface area contributed by atoms with Crippen molar-refractivity contribution >= 4 is 29.1 Å². The van der Waals surface area contributed by atoms with Gasteiger partial charge in [0.15, 0.2) is 6.61 Å². The Morgan fingerprint density at radius 3 is 2.93 bits per heavy atom. The van der Waals surface area contributed by atoms with Gasteiger partial charge >= 0.3 is 0 Å². The van der Waals surface area contributed by atoms with Crippen LogP contribution in [-0.4, -0.2) is 29.4 Å². The predicted octanol–water partition coefficient (Wildman–Crippen LogP) is 3.88. The molecule has 3 aromatic rings. The van der Waals surface area contributed by atoms with Crippen molar-refractivity contribution in [2.75, 3.05) is 11.9 Å². The smallest absolute Gasteiger partial charge is 0.262 e. The van der Waals surface area contributed by atoms with Gasteiger partial charge in [-0.2, -0.15) is 5.10 Å². The molecule has 29 heavy (non-hydrogen) atoms. The van der Waals surface area contributed by atoms with E-state index in [4.69, 9.17) is 4.74 Å². The zero-order chi connectivity index (χ0) is 20.4. The number of nitrogens with one attached hydrogen (secondary N) is 1. The number of hydrogen-bond donors (Lipinski definition) is 1. The Hall–Kier alpha value is -3.26. The summed E-state index contributed by atoms with van der Waals surface area (Å²) in [6, 6.07) is 11.9. The molecule has 0 saturated carbocycles. The minimum Gasteiger partial charge on any atom is -0.482 e. The molecule has 1 aliphatic rings. The average Bonchev–Trinajstić information content (AvgIpc) is 3.07. The van der Waals surface area contributed by atoms with E-state index in [9.17, 15) is 9.18 Å². The van der Waals surface area contributed by atoms with E-state index in [2.05, 4.69) is 15.4 Å². The summed E-state index contributed by atoms with van der Waals surface area (Å²) in [5.41, 5.74) is 2.93. The highest BCUT2D eigenvalue weighted by Crippen LogP contribution is 2.32. The number of benzene rings is 2. The summed E-state index contributed by atoms with van der Waals surface area (Å²) in [6.45, 7) is 4.00. The van der Waals surface area contributed by atoms with Crippen LogP contribution in [0.4, 0.5) is 10.1 Å². The molecular formula is C21H19FN4O2S. The minimum atomic E-state index is -0.318. The number of amides is 1. The van der Waals surface area contributed by atoms with Crippen LogP contribution < -0.4 is 14.9 Å². The highest BCUT2D eigenvalue weighted by molar-refractivity contribution is 7.07. The van der Waals surface area contributed by atoms with Gasteiger partial charge in [-0.05, 0) is 49.7 Å². The second-order valence-electron chi connectivity index (χ2n) is 6.79. The third-order valence-corrected chi connectivity index (χ3v) is 4.96. The van der Waals surface area contributed by atoms with E-state index in [1.165, 1.54) is 23.5 Å². The van der Waals surface area contributed by atoms with E-state index >= 15 is 0 Å². The van der Waals surface area contributed by atoms with E-state index in [-0.39, 0.29) is 24.4 Å². The molecule has 0 saturated heterocycles. The molecule has 6 nitrogen and oxygen atoms in total. The maximum Gasteiger partial charge on any atom is 0.262 e. The molecule has 0 radical (unpaired) electrons. The fourth-order valence-corrected chi connectivity index (χ4v) is 3.84. The van der Waals surface area contributed by atoms with Crippen LogP contribution in [0, 0.1) is 5.82 Å². The molecule has 2 aromatic carbocycles. The third-order valence-electron chi connectivity index (χ3n) is 4.13. The lowest BCUT2D eigenvalue weighted by Crippen LogP contribution is -2.25. The molecule has 0 atom stereocenters. The first-order valence-corrected chi connectivity index (χ1v) is 9.99. The van der Waals surface area contributed by atoms with Crippen molar-refractivity contribution in [3.8, 4) is 17.0 Å². The number of carbonyl (C=O) groups excluding carboxylic acids is 1. The van der Waals surface area contributed by atoms with Gasteiger partial charge in [0.05, 0.1) is 17.6 Å². The Balaban J connectivity index is 1.79. The van der Waals surface area contributed by atoms with Gasteiger partial charge in [-0.3, -0.25) is 9.79 Å². The van der Waals surface area contributed by atoms with Crippen LogP contribution in [0.15, 0.2) is 57.9 Å². The largest absolute Gasteiger partial charge is 0.482 e. The summed E-state index contributed by atoms with van der Waals surface area (Å²) >= 11 is 1.47. The molecule has 0 unspecified atom stereocenters. The average molecular weight is 410 g/mol. The van der Waals surface area contributed by atoms with E-state index in [0.717, 1.165) is 16.1 Å². The fraction of sp³-hybridized carbons (Fsp3) is 0.190. The number of nitrogens with zero attached hydrogens (tertiary/aromatic N) is 3. The van der Waals surface area contributed by atoms with Gasteiger partial charge in [0.1, 0.15) is 11.6 Å². The van der Waals surface area contributed by atoms with Crippen molar-refractivity contribution in [1.29, 1.82) is 0 Å². The summed E-state index contributed by atoms with van der Waals surface area (Å²) in [7, 11) is 0. The summed E-state index contributed by atoms with van der Waals surface area (Å²) < 4.78 is 20.6. The molecule has 1 amide bonds. The van der Waals surface area contributed by atoms with Gasteiger partial charge in [-0.15, -0.1) is 11.3 Å². The first kappa shape index (κ1) is 19.1. The Bertz CT molecular complexity index is 1160. The fourth-order valence-electron chi connectivity index (χ4n) is 2.87. The second kappa shape index (κ2) is 8.00. The van der Waals surface area contributed by atoms with Crippen molar-refractivity contribution < 1.29 is 13.9 Å². The Kier molecular flexibility index (Phi) is 5.26. The Morgan fingerprint density at radius 1 is 1.28 bits per heavy atom. The molecule has 148 valence electrons. The number of anilines is 1. The molecule has 0 spiro atoms. The van der Waals surface area contributed by atoms with Gasteiger partial charge in [0, 0.05) is 17.0 Å². The number of fused-ring (bicyclic) bond motifs is 1. The predicted molar refractivity (Wildman–Crippen MR) is 112 cm³/mol. The number of ether oxygens (including phenoxy) is 1. The maximum atomic E-state index is 13.5. The second-order valence-corrected chi connectivity index (χ2v) is 7.62. The standard InChI is InChI=1S/C21H19FN4O2S/c1-13(2)24-21-26(23-10-14-4-3-5-16(22)8-14)18(12-29-21)15-6-7-19-17(9-15)25-20(27)11-28-19/h3-10,12-13H,11H2,1-2H3,(H,25,27). The monoisotopic (exact) mass is 410 g/mol. The molecule has 0 bridgehead atoms. The van der Waals surface area contributed by atoms with Crippen LogP contribution in [-0.2, 0) is 4.79 Å². The van der Waals surface area contributed by atoms with Gasteiger partial charge in [-0.1, -0.05) is 12.1 Å². The first-order valence-electron chi connectivity index (χ1n) is 9.11. The van der Waals surface area contributed by atoms with E-state index in [1.807, 2.05) is 37.4 Å². The highest BCUT2D eigenvalue weighted by atomic mass is 32.1. The van der Waals surface area contributed by atoms with Crippen molar-refractivity contribution in [1.82, 2.24) is 4.68 Å². The molecule has 1 N–H and O–H groups in total. The zero-order valence-corrected chi connectivity index (χ0v) is 16.7. The van der Waals surface area contributed by atoms with Crippen LogP contribution in [0.25, 0.3) is 11.3 Å². The Morgan fingerprint density at radius 2 is 2.14 bits per heavy atom. The summed E-state index contributed by atoms with van der Waals surface area (Å²) in [4.78, 5) is 17.0. The summed E-state index contributed by atoms with van der Waals surface area (Å²) in [5.74, 6) is 0.125. The lowest BCUT2D eigenvalue weighted by molar-refractivity contribution is -0.118. The van der Waals surface area contributed by atoms with E-state index < -0.39 is 0 Å². The molecule has 0 aliphatic carbocycles. The number of halogens is 1. The molecule has 1 aliphatic heterocycles. The van der Waals surface area contributed by atoms with Crippen LogP contribution >= 0.6 is 11.3 Å². The number of thiazole rings is 1. The minimum absolute atomic E-state index is 0.0140. The van der Waals surface area contributed by atoms with E-state index in [0.29, 0.717) is 17.0 Å². The normalized spacial score (nSPS) is 14.2. The van der Waals surface area contributed by atoms with Crippen molar-refractivity contribution in [3.63, 3.8) is 0 Å². The zero-order valence-electron chi connectivity index (χ0n) is 15.9. The highest BCUT2D eigenvalue weighted by Gasteiger charge is 2.17. The van der Waals surface area contributed by atoms with Gasteiger partial charge in [-0.25, -0.2) is 9.07 Å². The molecule has 1 aromatic heterocycles. The first-order chi connectivity index (χ1) is 14.0. The quantitative estimate of drug-likeness (QED) is 0.664. The van der Waals surface area contributed by atoms with Gasteiger partial charge in [0.2, 0.25) is 4.80 Å². The van der Waals surface area contributed by atoms with Crippen LogP contribution in [0.1, 0.15) is 19.4 Å². The molecule has 0 fully saturated rings. The third kappa shape index (κ3) is 4.27. The molecule has 4 rings (SSSR count). The summed E-state index contributed by atoms with van der Waals surface area (Å²) in [5, 5.41) is 9.33. The Labute approximate surface area is 171 Å². The number of aromatic nitrogens is 1. The van der Waals surface area contributed by atoms with Crippen LogP contribution in [0.3, 0.4) is 0 Å².